The first-order chi connectivity index (χ1) is 11.2. The molecular weight excluding hydrogens is 371 g/mol. The number of methoxy groups -OCH3 is 1. The van der Waals surface area contributed by atoms with Crippen LogP contribution in [0.3, 0.4) is 0 Å². The molecule has 1 amide bonds. The maximum atomic E-state index is 12.4. The van der Waals surface area contributed by atoms with E-state index in [0.717, 1.165) is 7.11 Å². The van der Waals surface area contributed by atoms with E-state index in [-0.39, 0.29) is 12.8 Å². The fourth-order valence-electron chi connectivity index (χ4n) is 1.84. The smallest absolute Gasteiger partial charge is 0.467 e. The molecule has 0 aromatic heterocycles. The van der Waals surface area contributed by atoms with E-state index in [9.17, 15) is 31.2 Å². The average Bonchev–Trinajstić information content (AvgIpc) is 2.43. The molecule has 0 aromatic rings. The third-order valence-electron chi connectivity index (χ3n) is 2.86. The van der Waals surface area contributed by atoms with E-state index in [1.165, 1.54) is 20.8 Å². The summed E-state index contributed by atoms with van der Waals surface area (Å²) in [7, 11) is -4.82. The van der Waals surface area contributed by atoms with Crippen LogP contribution in [-0.2, 0) is 28.6 Å². The first-order valence-electron chi connectivity index (χ1n) is 6.98. The summed E-state index contributed by atoms with van der Waals surface area (Å²) < 4.78 is 73.0. The largest absolute Gasteiger partial charge is 0.534 e. The molecule has 8 nitrogen and oxygen atoms in total. The summed E-state index contributed by atoms with van der Waals surface area (Å²) in [5, 5.41) is 0. The number of carbonyl (C=O) groups is 2. The SMILES string of the molecule is COC(=O)C1CCC(OS(=O)(=O)C(F)(F)F)=CN1C(=O)OC(C)(C)C. The molecule has 1 unspecified atom stereocenters. The van der Waals surface area contributed by atoms with Crippen molar-refractivity contribution in [1.82, 2.24) is 4.90 Å². The van der Waals surface area contributed by atoms with E-state index < -0.39 is 45.1 Å². The highest BCUT2D eigenvalue weighted by Crippen LogP contribution is 2.31. The standard InChI is InChI=1S/C13H18F3NO7S/c1-12(2,3)23-11(19)17-7-8(5-6-9(17)10(18)22-4)24-25(20,21)13(14,15)16/h7,9H,5-6H2,1-4H3. The third-order valence-corrected chi connectivity index (χ3v) is 3.86. The number of carbonyl (C=O) groups excluding carboxylic acids is 2. The molecule has 0 N–H and O–H groups in total. The molecule has 0 saturated heterocycles. The van der Waals surface area contributed by atoms with Gasteiger partial charge in [0.1, 0.15) is 17.4 Å². The summed E-state index contributed by atoms with van der Waals surface area (Å²) in [6.45, 7) is 4.62. The van der Waals surface area contributed by atoms with Gasteiger partial charge in [-0.15, -0.1) is 0 Å². The van der Waals surface area contributed by atoms with Crippen LogP contribution in [0.1, 0.15) is 33.6 Å². The lowest BCUT2D eigenvalue weighted by Crippen LogP contribution is -2.46. The molecule has 144 valence electrons. The molecule has 25 heavy (non-hydrogen) atoms. The highest BCUT2D eigenvalue weighted by atomic mass is 32.2. The van der Waals surface area contributed by atoms with Crippen molar-refractivity contribution in [3.63, 3.8) is 0 Å². The van der Waals surface area contributed by atoms with E-state index in [1.54, 1.807) is 0 Å². The minimum absolute atomic E-state index is 0.203. The van der Waals surface area contributed by atoms with Gasteiger partial charge in [0.25, 0.3) is 0 Å². The Balaban J connectivity index is 3.15. The molecule has 1 aliphatic heterocycles. The number of hydrogen-bond donors (Lipinski definition) is 0. The summed E-state index contributed by atoms with van der Waals surface area (Å²) >= 11 is 0. The Labute approximate surface area is 142 Å². The maximum absolute atomic E-state index is 12.4. The third kappa shape index (κ3) is 5.51. The van der Waals surface area contributed by atoms with Crippen molar-refractivity contribution in [2.45, 2.75) is 50.8 Å². The first kappa shape index (κ1) is 21.1. The van der Waals surface area contributed by atoms with Gasteiger partial charge in [-0.25, -0.2) is 9.59 Å². The van der Waals surface area contributed by atoms with Crippen LogP contribution >= 0.6 is 0 Å². The van der Waals surface area contributed by atoms with Gasteiger partial charge in [0.2, 0.25) is 0 Å². The minimum Gasteiger partial charge on any atom is -0.467 e. The lowest BCUT2D eigenvalue weighted by molar-refractivity contribution is -0.146. The number of esters is 1. The first-order valence-corrected chi connectivity index (χ1v) is 8.39. The topological polar surface area (TPSA) is 99.2 Å². The minimum atomic E-state index is -5.89. The lowest BCUT2D eigenvalue weighted by atomic mass is 10.1. The van der Waals surface area contributed by atoms with Crippen molar-refractivity contribution < 1.29 is 44.8 Å². The monoisotopic (exact) mass is 389 g/mol. The van der Waals surface area contributed by atoms with Crippen LogP contribution in [-0.4, -0.2) is 49.6 Å². The molecule has 0 saturated carbocycles. The van der Waals surface area contributed by atoms with Gasteiger partial charge in [0, 0.05) is 6.42 Å². The number of ether oxygens (including phenoxy) is 2. The quantitative estimate of drug-likeness (QED) is 0.415. The molecule has 0 aromatic carbocycles. The summed E-state index contributed by atoms with van der Waals surface area (Å²) in [5.41, 5.74) is -6.58. The Morgan fingerprint density at radius 2 is 1.80 bits per heavy atom. The van der Waals surface area contributed by atoms with Gasteiger partial charge in [-0.05, 0) is 27.2 Å². The summed E-state index contributed by atoms with van der Waals surface area (Å²) in [6.07, 6.45) is -0.893. The molecule has 1 aliphatic rings. The zero-order chi connectivity index (χ0) is 19.6. The summed E-state index contributed by atoms with van der Waals surface area (Å²) in [4.78, 5) is 24.6. The molecule has 0 fully saturated rings. The van der Waals surface area contributed by atoms with Crippen molar-refractivity contribution in [2.75, 3.05) is 7.11 Å². The number of halogens is 3. The van der Waals surface area contributed by atoms with Gasteiger partial charge in [0.15, 0.2) is 0 Å². The van der Waals surface area contributed by atoms with Gasteiger partial charge < -0.3 is 13.7 Å². The second-order valence-corrected chi connectivity index (χ2v) is 7.58. The van der Waals surface area contributed by atoms with Crippen LogP contribution in [0.2, 0.25) is 0 Å². The van der Waals surface area contributed by atoms with Crippen molar-refractivity contribution >= 4 is 22.2 Å². The highest BCUT2D eigenvalue weighted by Gasteiger charge is 2.49. The van der Waals surface area contributed by atoms with Crippen molar-refractivity contribution in [1.29, 1.82) is 0 Å². The fraction of sp³-hybridized carbons (Fsp3) is 0.692. The Morgan fingerprint density at radius 3 is 2.24 bits per heavy atom. The summed E-state index contributed by atoms with van der Waals surface area (Å²) in [6, 6.07) is -1.18. The van der Waals surface area contributed by atoms with E-state index >= 15 is 0 Å². The molecule has 1 rings (SSSR count). The summed E-state index contributed by atoms with van der Waals surface area (Å²) in [5.74, 6) is -1.48. The zero-order valence-corrected chi connectivity index (χ0v) is 14.7. The fourth-order valence-corrected chi connectivity index (χ4v) is 2.34. The Hall–Kier alpha value is -1.98. The molecule has 1 atom stereocenters. The molecule has 0 bridgehead atoms. The van der Waals surface area contributed by atoms with Crippen LogP contribution in [0, 0.1) is 0 Å². The second-order valence-electron chi connectivity index (χ2n) is 6.04. The number of rotatable bonds is 3. The van der Waals surface area contributed by atoms with Crippen molar-refractivity contribution in [3.8, 4) is 0 Å². The lowest BCUT2D eigenvalue weighted by Gasteiger charge is -2.32. The molecule has 0 spiro atoms. The number of hydrogen-bond acceptors (Lipinski definition) is 7. The van der Waals surface area contributed by atoms with Crippen molar-refractivity contribution in [3.05, 3.63) is 12.0 Å². The molecule has 0 aliphatic carbocycles. The average molecular weight is 389 g/mol. The predicted octanol–water partition coefficient (Wildman–Crippen LogP) is 2.27. The molecule has 12 heteroatoms. The molecular formula is C13H18F3NO7S. The van der Waals surface area contributed by atoms with Gasteiger partial charge >= 0.3 is 27.7 Å². The maximum Gasteiger partial charge on any atom is 0.534 e. The normalized spacial score (nSPS) is 19.1. The number of alkyl halides is 3. The van der Waals surface area contributed by atoms with Crippen LogP contribution in [0.4, 0.5) is 18.0 Å². The van der Waals surface area contributed by atoms with Gasteiger partial charge in [0.05, 0.1) is 13.3 Å². The van der Waals surface area contributed by atoms with E-state index in [0.29, 0.717) is 11.1 Å². The number of allylic oxidation sites excluding steroid dienone is 1. The van der Waals surface area contributed by atoms with Crippen LogP contribution in [0.25, 0.3) is 0 Å². The Morgan fingerprint density at radius 1 is 1.24 bits per heavy atom. The Bertz CT molecular complexity index is 664. The van der Waals surface area contributed by atoms with Crippen molar-refractivity contribution in [2.24, 2.45) is 0 Å². The van der Waals surface area contributed by atoms with E-state index in [1.807, 2.05) is 0 Å². The van der Waals surface area contributed by atoms with Crippen LogP contribution in [0.5, 0.6) is 0 Å². The number of nitrogens with zero attached hydrogens (tertiary/aromatic N) is 1. The molecule has 0 radical (unpaired) electrons. The number of amides is 1. The van der Waals surface area contributed by atoms with Gasteiger partial charge in [-0.3, -0.25) is 4.90 Å². The van der Waals surface area contributed by atoms with Crippen LogP contribution < -0.4 is 0 Å². The van der Waals surface area contributed by atoms with Crippen LogP contribution in [0.15, 0.2) is 12.0 Å². The zero-order valence-electron chi connectivity index (χ0n) is 13.9. The molecule has 1 heterocycles. The second kappa shape index (κ2) is 7.10. The Kier molecular flexibility index (Phi) is 5.98. The highest BCUT2D eigenvalue weighted by molar-refractivity contribution is 7.87. The van der Waals surface area contributed by atoms with E-state index in [4.69, 9.17) is 4.74 Å². The van der Waals surface area contributed by atoms with Gasteiger partial charge in [-0.2, -0.15) is 21.6 Å². The van der Waals surface area contributed by atoms with Gasteiger partial charge in [-0.1, -0.05) is 0 Å². The predicted molar refractivity (Wildman–Crippen MR) is 77.3 cm³/mol. The van der Waals surface area contributed by atoms with E-state index in [2.05, 4.69) is 8.92 Å².